The molecule has 0 saturated heterocycles. The number of carbonyl (C=O) groups is 1. The lowest BCUT2D eigenvalue weighted by atomic mass is 9.95. The number of sulfone groups is 1. The summed E-state index contributed by atoms with van der Waals surface area (Å²) < 4.78 is 53.2. The molecule has 4 rings (SSSR count). The van der Waals surface area contributed by atoms with Gasteiger partial charge in [0.2, 0.25) is 10.0 Å². The second-order valence-corrected chi connectivity index (χ2v) is 15.1. The van der Waals surface area contributed by atoms with E-state index in [1.165, 1.54) is 29.5 Å². The Kier molecular flexibility index (Phi) is 9.12. The standard InChI is InChI=1S/C27H36N4O5S3/c1-5-31(21-9-7-6-8-10-21)39(35,36)22-13-11-20(12-14-22)26(32)30(18-17-29(2)3)27-28-24-16-15-23(38(4,33)34)19-25(24)37-27/h11-16,19,21H,5-10,17-18H2,1-4H3. The van der Waals surface area contributed by atoms with Crippen LogP contribution in [0.5, 0.6) is 0 Å². The molecule has 2 aromatic carbocycles. The summed E-state index contributed by atoms with van der Waals surface area (Å²) in [5.74, 6) is -0.303. The third-order valence-electron chi connectivity index (χ3n) is 7.03. The maximum absolute atomic E-state index is 13.7. The first-order valence-corrected chi connectivity index (χ1v) is 17.3. The predicted molar refractivity (Wildman–Crippen MR) is 156 cm³/mol. The van der Waals surface area contributed by atoms with Crippen LogP contribution in [0.1, 0.15) is 49.4 Å². The largest absolute Gasteiger partial charge is 0.308 e. The molecule has 1 heterocycles. The molecule has 39 heavy (non-hydrogen) atoms. The molecule has 3 aromatic rings. The summed E-state index contributed by atoms with van der Waals surface area (Å²) in [5.41, 5.74) is 0.957. The smallest absolute Gasteiger partial charge is 0.260 e. The number of thiazole rings is 1. The summed E-state index contributed by atoms with van der Waals surface area (Å²) in [6.07, 6.45) is 6.11. The number of hydrogen-bond donors (Lipinski definition) is 0. The van der Waals surface area contributed by atoms with Gasteiger partial charge in [0.15, 0.2) is 15.0 Å². The molecule has 0 N–H and O–H groups in total. The molecular weight excluding hydrogens is 557 g/mol. The van der Waals surface area contributed by atoms with Crippen LogP contribution in [0.15, 0.2) is 52.3 Å². The molecule has 0 spiro atoms. The number of likely N-dealkylation sites (N-methyl/N-ethyl adjacent to an activating group) is 1. The van der Waals surface area contributed by atoms with E-state index >= 15 is 0 Å². The Morgan fingerprint density at radius 1 is 0.949 bits per heavy atom. The third kappa shape index (κ3) is 6.68. The summed E-state index contributed by atoms with van der Waals surface area (Å²) in [6, 6.07) is 10.9. The Hall–Kier alpha value is -2.38. The van der Waals surface area contributed by atoms with Gasteiger partial charge < -0.3 is 4.90 Å². The van der Waals surface area contributed by atoms with Gasteiger partial charge in [0.05, 0.1) is 20.0 Å². The Balaban J connectivity index is 1.63. The number of sulfonamides is 1. The molecule has 12 heteroatoms. The van der Waals surface area contributed by atoms with Crippen LogP contribution in [0.25, 0.3) is 10.2 Å². The molecule has 9 nitrogen and oxygen atoms in total. The minimum absolute atomic E-state index is 0.0128. The highest BCUT2D eigenvalue weighted by Crippen LogP contribution is 2.32. The van der Waals surface area contributed by atoms with E-state index in [0.29, 0.717) is 40.5 Å². The molecule has 212 valence electrons. The molecule has 0 atom stereocenters. The minimum atomic E-state index is -3.68. The van der Waals surface area contributed by atoms with Gasteiger partial charge in [0.1, 0.15) is 0 Å². The van der Waals surface area contributed by atoms with Crippen molar-refractivity contribution >= 4 is 52.5 Å². The van der Waals surface area contributed by atoms with Crippen LogP contribution in [-0.2, 0) is 19.9 Å². The number of rotatable bonds is 10. The number of anilines is 1. The summed E-state index contributed by atoms with van der Waals surface area (Å²) >= 11 is 1.25. The van der Waals surface area contributed by atoms with Crippen molar-refractivity contribution < 1.29 is 21.6 Å². The van der Waals surface area contributed by atoms with Crippen LogP contribution >= 0.6 is 11.3 Å². The van der Waals surface area contributed by atoms with Gasteiger partial charge in [-0.05, 0) is 69.4 Å². The van der Waals surface area contributed by atoms with Crippen molar-refractivity contribution in [2.24, 2.45) is 0 Å². The Morgan fingerprint density at radius 3 is 2.18 bits per heavy atom. The normalized spacial score (nSPS) is 15.3. The first kappa shape index (κ1) is 29.6. The van der Waals surface area contributed by atoms with Crippen LogP contribution in [-0.4, -0.2) is 83.0 Å². The van der Waals surface area contributed by atoms with Crippen LogP contribution in [0.2, 0.25) is 0 Å². The van der Waals surface area contributed by atoms with Crippen molar-refractivity contribution in [3.63, 3.8) is 0 Å². The molecule has 0 bridgehead atoms. The first-order chi connectivity index (χ1) is 18.4. The molecule has 1 fully saturated rings. The van der Waals surface area contributed by atoms with Crippen LogP contribution in [0, 0.1) is 0 Å². The molecule has 0 unspecified atom stereocenters. The fourth-order valence-corrected chi connectivity index (χ4v) is 8.32. The van der Waals surface area contributed by atoms with E-state index in [9.17, 15) is 21.6 Å². The zero-order valence-electron chi connectivity index (χ0n) is 22.8. The van der Waals surface area contributed by atoms with E-state index in [4.69, 9.17) is 0 Å². The molecular formula is C27H36N4O5S3. The van der Waals surface area contributed by atoms with Gasteiger partial charge >= 0.3 is 0 Å². The van der Waals surface area contributed by atoms with Gasteiger partial charge in [-0.2, -0.15) is 4.31 Å². The second kappa shape index (κ2) is 12.0. The van der Waals surface area contributed by atoms with Gasteiger partial charge in [0, 0.05) is 37.5 Å². The second-order valence-electron chi connectivity index (χ2n) is 10.2. The quantitative estimate of drug-likeness (QED) is 0.346. The van der Waals surface area contributed by atoms with Gasteiger partial charge in [-0.3, -0.25) is 9.69 Å². The van der Waals surface area contributed by atoms with Crippen LogP contribution < -0.4 is 4.90 Å². The summed E-state index contributed by atoms with van der Waals surface area (Å²) in [7, 11) is -3.24. The Bertz CT molecular complexity index is 1530. The number of benzene rings is 2. The van der Waals surface area contributed by atoms with Crippen molar-refractivity contribution in [2.75, 3.05) is 44.9 Å². The minimum Gasteiger partial charge on any atom is -0.308 e. The highest BCUT2D eigenvalue weighted by atomic mass is 32.2. The zero-order chi connectivity index (χ0) is 28.4. The number of carbonyl (C=O) groups excluding carboxylic acids is 1. The number of nitrogens with zero attached hydrogens (tertiary/aromatic N) is 4. The monoisotopic (exact) mass is 592 g/mol. The number of aromatic nitrogens is 1. The van der Waals surface area contributed by atoms with Crippen molar-refractivity contribution in [1.82, 2.24) is 14.2 Å². The first-order valence-electron chi connectivity index (χ1n) is 13.1. The average molecular weight is 593 g/mol. The fraction of sp³-hybridized carbons (Fsp3) is 0.481. The Morgan fingerprint density at radius 2 is 1.59 bits per heavy atom. The van der Waals surface area contributed by atoms with Gasteiger partial charge in [-0.1, -0.05) is 37.5 Å². The summed E-state index contributed by atoms with van der Waals surface area (Å²) in [4.78, 5) is 22.2. The summed E-state index contributed by atoms with van der Waals surface area (Å²) in [6.45, 7) is 3.21. The Labute approximate surface area is 235 Å². The number of hydrogen-bond acceptors (Lipinski definition) is 8. The topological polar surface area (TPSA) is 108 Å². The lowest BCUT2D eigenvalue weighted by Crippen LogP contribution is -2.41. The van der Waals surface area contributed by atoms with Gasteiger partial charge in [0.25, 0.3) is 5.91 Å². The highest BCUT2D eigenvalue weighted by Gasteiger charge is 2.31. The van der Waals surface area contributed by atoms with E-state index in [-0.39, 0.29) is 21.7 Å². The summed E-state index contributed by atoms with van der Waals surface area (Å²) in [5, 5.41) is 0.452. The fourth-order valence-electron chi connectivity index (χ4n) is 4.88. The molecule has 1 saturated carbocycles. The lowest BCUT2D eigenvalue weighted by Gasteiger charge is -2.32. The van der Waals surface area contributed by atoms with Crippen LogP contribution in [0.4, 0.5) is 5.13 Å². The molecule has 1 aliphatic carbocycles. The molecule has 1 aliphatic rings. The van der Waals surface area contributed by atoms with E-state index in [1.807, 2.05) is 25.9 Å². The van der Waals surface area contributed by atoms with Crippen molar-refractivity contribution in [3.8, 4) is 0 Å². The average Bonchev–Trinajstić information content (AvgIpc) is 3.32. The zero-order valence-corrected chi connectivity index (χ0v) is 25.3. The van der Waals surface area contributed by atoms with Crippen molar-refractivity contribution in [1.29, 1.82) is 0 Å². The van der Waals surface area contributed by atoms with Gasteiger partial charge in [-0.25, -0.2) is 21.8 Å². The number of fused-ring (bicyclic) bond motifs is 1. The highest BCUT2D eigenvalue weighted by molar-refractivity contribution is 7.90. The molecule has 0 aliphatic heterocycles. The lowest BCUT2D eigenvalue weighted by molar-refractivity contribution is 0.0985. The number of amides is 1. The van der Waals surface area contributed by atoms with Crippen molar-refractivity contribution in [2.45, 2.75) is 54.9 Å². The van der Waals surface area contributed by atoms with E-state index in [0.717, 1.165) is 38.4 Å². The van der Waals surface area contributed by atoms with E-state index in [1.54, 1.807) is 33.5 Å². The van der Waals surface area contributed by atoms with E-state index < -0.39 is 19.9 Å². The van der Waals surface area contributed by atoms with Crippen LogP contribution in [0.3, 0.4) is 0 Å². The third-order valence-corrected chi connectivity index (χ3v) is 11.2. The maximum Gasteiger partial charge on any atom is 0.260 e. The predicted octanol–water partition coefficient (Wildman–Crippen LogP) is 4.25. The van der Waals surface area contributed by atoms with Gasteiger partial charge in [-0.15, -0.1) is 0 Å². The molecule has 1 aromatic heterocycles. The SMILES string of the molecule is CCN(C1CCCCC1)S(=O)(=O)c1ccc(C(=O)N(CCN(C)C)c2nc3ccc(S(C)(=O)=O)cc3s2)cc1. The van der Waals surface area contributed by atoms with Crippen molar-refractivity contribution in [3.05, 3.63) is 48.0 Å². The van der Waals surface area contributed by atoms with E-state index in [2.05, 4.69) is 4.98 Å². The maximum atomic E-state index is 13.7. The molecule has 0 radical (unpaired) electrons. The molecule has 1 amide bonds.